The highest BCUT2D eigenvalue weighted by Gasteiger charge is 2.15. The summed E-state index contributed by atoms with van der Waals surface area (Å²) in [6.45, 7) is 0. The van der Waals surface area contributed by atoms with Crippen LogP contribution in [0.25, 0.3) is 187 Å². The molecule has 19 aromatic rings. The maximum Gasteiger partial charge on any atom is 0.0894 e. The van der Waals surface area contributed by atoms with Crippen LogP contribution in [0.1, 0.15) is 0 Å². The molecule has 0 atom stereocenters. The maximum absolute atomic E-state index is 5.15. The van der Waals surface area contributed by atoms with Crippen molar-refractivity contribution in [2.75, 3.05) is 0 Å². The lowest BCUT2D eigenvalue weighted by atomic mass is 9.95. The third-order valence-electron chi connectivity index (χ3n) is 18.2. The standard InChI is InChI=1S/C45H27N3.C41H25N3/c1-4-10-36-28(7-1)13-14-29-15-23-44(48-45(29)36)43-24-19-34-26-31(17-21-41(34)47-43)30-16-20-40-33(25-30)18-22-42(46-40)39-27-32-8-2-3-9-35(32)37-11-5-6-12-38(37)39;1-2-7-29-23-32(12-9-26(29)5-1)37-20-16-33-24-30(14-18-36(33)42-37)31-15-19-38-34(25-31)17-22-39(43-38)40-21-13-28-11-10-27-6-3-4-8-35(27)41(28)44-40/h1-27H;1-25H. The molecule has 426 valence electrons. The second-order valence-electron chi connectivity index (χ2n) is 23.8. The number of nitrogens with zero attached hydrogens (tertiary/aromatic N) is 6. The molecule has 0 spiro atoms. The first kappa shape index (κ1) is 52.7. The molecule has 6 nitrogen and oxygen atoms in total. The Balaban J connectivity index is 0.000000136. The van der Waals surface area contributed by atoms with Gasteiger partial charge in [0.05, 0.1) is 67.3 Å². The van der Waals surface area contributed by atoms with Crippen molar-refractivity contribution >= 4 is 119 Å². The van der Waals surface area contributed by atoms with Crippen molar-refractivity contribution in [1.82, 2.24) is 29.9 Å². The van der Waals surface area contributed by atoms with E-state index in [0.29, 0.717) is 0 Å². The third-order valence-corrected chi connectivity index (χ3v) is 18.2. The fourth-order valence-corrected chi connectivity index (χ4v) is 13.4. The second-order valence-corrected chi connectivity index (χ2v) is 23.8. The van der Waals surface area contributed by atoms with E-state index in [2.05, 4.69) is 315 Å². The Bertz CT molecular complexity index is 6230. The van der Waals surface area contributed by atoms with Gasteiger partial charge in [0.2, 0.25) is 0 Å². The van der Waals surface area contributed by atoms with Gasteiger partial charge in [-0.15, -0.1) is 0 Å². The van der Waals surface area contributed by atoms with Gasteiger partial charge in [-0.2, -0.15) is 0 Å². The molecule has 0 bridgehead atoms. The maximum atomic E-state index is 5.15. The van der Waals surface area contributed by atoms with E-state index in [1.54, 1.807) is 0 Å². The van der Waals surface area contributed by atoms with Gasteiger partial charge in [-0.25, -0.2) is 29.9 Å². The van der Waals surface area contributed by atoms with Crippen LogP contribution >= 0.6 is 0 Å². The van der Waals surface area contributed by atoms with Gasteiger partial charge in [-0.3, -0.25) is 0 Å². The topological polar surface area (TPSA) is 77.3 Å². The first-order chi connectivity index (χ1) is 45.5. The lowest BCUT2D eigenvalue weighted by Crippen LogP contribution is -1.91. The molecule has 6 heteroatoms. The van der Waals surface area contributed by atoms with Crippen molar-refractivity contribution in [3.05, 3.63) is 315 Å². The van der Waals surface area contributed by atoms with Crippen molar-refractivity contribution < 1.29 is 0 Å². The van der Waals surface area contributed by atoms with Gasteiger partial charge < -0.3 is 0 Å². The Morgan fingerprint density at radius 3 is 0.978 bits per heavy atom. The van der Waals surface area contributed by atoms with Gasteiger partial charge in [0.1, 0.15) is 0 Å². The van der Waals surface area contributed by atoms with Crippen LogP contribution in [0.15, 0.2) is 315 Å². The Labute approximate surface area is 529 Å². The minimum absolute atomic E-state index is 0.872. The molecular weight excluding hydrogens is 1120 g/mol. The Kier molecular flexibility index (Phi) is 12.5. The number of benzene rings is 13. The van der Waals surface area contributed by atoms with Crippen LogP contribution in [0.5, 0.6) is 0 Å². The van der Waals surface area contributed by atoms with Crippen LogP contribution in [0.3, 0.4) is 0 Å². The number of hydrogen-bond acceptors (Lipinski definition) is 6. The molecule has 6 heterocycles. The molecular formula is C86H52N6. The largest absolute Gasteiger partial charge is 0.248 e. The number of pyridine rings is 6. The van der Waals surface area contributed by atoms with E-state index in [4.69, 9.17) is 29.9 Å². The molecule has 0 N–H and O–H groups in total. The zero-order valence-corrected chi connectivity index (χ0v) is 49.7. The van der Waals surface area contributed by atoms with E-state index in [0.717, 1.165) is 144 Å². The average molecular weight is 1170 g/mol. The molecule has 0 radical (unpaired) electrons. The van der Waals surface area contributed by atoms with Crippen LogP contribution in [0.2, 0.25) is 0 Å². The van der Waals surface area contributed by atoms with Gasteiger partial charge >= 0.3 is 0 Å². The van der Waals surface area contributed by atoms with Gasteiger partial charge in [0.25, 0.3) is 0 Å². The normalized spacial score (nSPS) is 11.7. The van der Waals surface area contributed by atoms with Gasteiger partial charge in [0, 0.05) is 54.2 Å². The van der Waals surface area contributed by atoms with Crippen LogP contribution < -0.4 is 0 Å². The molecule has 0 amide bonds. The summed E-state index contributed by atoms with van der Waals surface area (Å²) in [6.07, 6.45) is 0. The number of rotatable bonds is 6. The average Bonchev–Trinajstić information content (AvgIpc) is 0.834. The number of aromatic nitrogens is 6. The summed E-state index contributed by atoms with van der Waals surface area (Å²) in [5.41, 5.74) is 18.3. The molecule has 92 heavy (non-hydrogen) atoms. The monoisotopic (exact) mass is 1170 g/mol. The molecule has 6 aromatic heterocycles. The predicted molar refractivity (Wildman–Crippen MR) is 385 cm³/mol. The third kappa shape index (κ3) is 9.45. The summed E-state index contributed by atoms with van der Waals surface area (Å²) < 4.78 is 0. The summed E-state index contributed by atoms with van der Waals surface area (Å²) in [4.78, 5) is 30.3. The van der Waals surface area contributed by atoms with E-state index in [1.807, 2.05) is 0 Å². The van der Waals surface area contributed by atoms with Gasteiger partial charge in [-0.05, 0) is 162 Å². The minimum Gasteiger partial charge on any atom is -0.248 e. The first-order valence-electron chi connectivity index (χ1n) is 31.1. The Hall–Kier alpha value is -12.4. The second kappa shape index (κ2) is 21.7. The smallest absolute Gasteiger partial charge is 0.0894 e. The highest BCUT2D eigenvalue weighted by Crippen LogP contribution is 2.38. The lowest BCUT2D eigenvalue weighted by molar-refractivity contribution is 1.32. The molecule has 0 aliphatic carbocycles. The highest BCUT2D eigenvalue weighted by molar-refractivity contribution is 6.14. The predicted octanol–water partition coefficient (Wildman–Crippen LogP) is 22.4. The van der Waals surface area contributed by atoms with E-state index in [-0.39, 0.29) is 0 Å². The van der Waals surface area contributed by atoms with Crippen LogP contribution in [-0.4, -0.2) is 29.9 Å². The zero-order chi connectivity index (χ0) is 60.6. The minimum atomic E-state index is 0.872. The summed E-state index contributed by atoms with van der Waals surface area (Å²) in [5, 5.41) is 18.8. The molecule has 0 aliphatic rings. The van der Waals surface area contributed by atoms with Crippen molar-refractivity contribution in [1.29, 1.82) is 0 Å². The lowest BCUT2D eigenvalue weighted by Gasteiger charge is -2.12. The van der Waals surface area contributed by atoms with E-state index < -0.39 is 0 Å². The summed E-state index contributed by atoms with van der Waals surface area (Å²) >= 11 is 0. The van der Waals surface area contributed by atoms with Crippen LogP contribution in [0.4, 0.5) is 0 Å². The van der Waals surface area contributed by atoms with E-state index >= 15 is 0 Å². The van der Waals surface area contributed by atoms with Crippen molar-refractivity contribution in [2.45, 2.75) is 0 Å². The summed E-state index contributed by atoms with van der Waals surface area (Å²) in [6, 6.07) is 111. The molecule has 19 rings (SSSR count). The number of hydrogen-bond donors (Lipinski definition) is 0. The molecule has 0 unspecified atom stereocenters. The zero-order valence-electron chi connectivity index (χ0n) is 49.7. The van der Waals surface area contributed by atoms with Crippen molar-refractivity contribution in [3.8, 4) is 67.5 Å². The van der Waals surface area contributed by atoms with Gasteiger partial charge in [0.15, 0.2) is 0 Å². The van der Waals surface area contributed by atoms with Crippen molar-refractivity contribution in [2.24, 2.45) is 0 Å². The molecule has 0 saturated carbocycles. The van der Waals surface area contributed by atoms with Crippen LogP contribution in [0, 0.1) is 0 Å². The highest BCUT2D eigenvalue weighted by atomic mass is 14.8. The van der Waals surface area contributed by atoms with E-state index in [9.17, 15) is 0 Å². The molecule has 0 fully saturated rings. The molecule has 13 aromatic carbocycles. The van der Waals surface area contributed by atoms with Crippen molar-refractivity contribution in [3.63, 3.8) is 0 Å². The summed E-state index contributed by atoms with van der Waals surface area (Å²) in [7, 11) is 0. The first-order valence-corrected chi connectivity index (χ1v) is 31.1. The molecule has 0 aliphatic heterocycles. The molecule has 0 saturated heterocycles. The van der Waals surface area contributed by atoms with Crippen LogP contribution in [-0.2, 0) is 0 Å². The van der Waals surface area contributed by atoms with E-state index in [1.165, 1.54) is 43.1 Å². The SMILES string of the molecule is c1ccc2c(c1)cc(-c1ccc3cc(-c4ccc5nc(-c6ccc7ccc8ccccc8c7n6)ccc5c4)ccc3n1)c1ccccc12.c1ccc2cc(-c3ccc4cc(-c5ccc6nc(-c7ccc8ccc9ccccc9c8n7)ccc6c5)ccc4n3)ccc2c1. The quantitative estimate of drug-likeness (QED) is 0.154. The van der Waals surface area contributed by atoms with Gasteiger partial charge in [-0.1, -0.05) is 218 Å². The fourth-order valence-electron chi connectivity index (χ4n) is 13.4. The summed E-state index contributed by atoms with van der Waals surface area (Å²) in [5.74, 6) is 0. The fraction of sp³-hybridized carbons (Fsp3) is 0. The number of fused-ring (bicyclic) bond motifs is 14. The Morgan fingerprint density at radius 2 is 0.467 bits per heavy atom. The Morgan fingerprint density at radius 1 is 0.152 bits per heavy atom.